The molecule has 1 aromatic carbocycles. The lowest BCUT2D eigenvalue weighted by atomic mass is 9.64. The molecule has 3 atom stereocenters. The van der Waals surface area contributed by atoms with Gasteiger partial charge in [-0.05, 0) is 69.0 Å². The molecular formula is C25H36BNO5. The van der Waals surface area contributed by atoms with Gasteiger partial charge in [0.2, 0.25) is 0 Å². The fourth-order valence-electron chi connectivity index (χ4n) is 4.90. The van der Waals surface area contributed by atoms with E-state index in [0.717, 1.165) is 37.8 Å². The topological polar surface area (TPSA) is 92.7 Å². The van der Waals surface area contributed by atoms with Gasteiger partial charge in [0.1, 0.15) is 17.3 Å². The van der Waals surface area contributed by atoms with Gasteiger partial charge in [0.05, 0.1) is 11.6 Å². The second-order valence-electron chi connectivity index (χ2n) is 9.93. The van der Waals surface area contributed by atoms with Gasteiger partial charge in [0.15, 0.2) is 5.78 Å². The first kappa shape index (κ1) is 24.7. The second kappa shape index (κ2) is 11.2. The van der Waals surface area contributed by atoms with Gasteiger partial charge in [-0.25, -0.2) is 0 Å². The summed E-state index contributed by atoms with van der Waals surface area (Å²) in [6.45, 7) is 6.74. The maximum absolute atomic E-state index is 12.7. The highest BCUT2D eigenvalue weighted by molar-refractivity contribution is 6.47. The Hall–Kier alpha value is -1.99. The Bertz CT molecular complexity index is 840. The maximum atomic E-state index is 12.7. The van der Waals surface area contributed by atoms with Gasteiger partial charge in [-0.2, -0.15) is 0 Å². The quantitative estimate of drug-likeness (QED) is 0.326. The van der Waals surface area contributed by atoms with Crippen LogP contribution in [0, 0.1) is 11.8 Å². The van der Waals surface area contributed by atoms with Crippen LogP contribution in [0.25, 0.3) is 0 Å². The van der Waals surface area contributed by atoms with Crippen molar-refractivity contribution in [3.63, 3.8) is 0 Å². The highest BCUT2D eigenvalue weighted by atomic mass is 16.5. The molecule has 0 aromatic heterocycles. The van der Waals surface area contributed by atoms with Gasteiger partial charge >= 0.3 is 7.12 Å². The normalized spacial score (nSPS) is 23.1. The summed E-state index contributed by atoms with van der Waals surface area (Å²) in [7, 11) is -1.11. The molecule has 174 valence electrons. The number of para-hydroxylation sites is 1. The number of fused-ring (bicyclic) bond motifs is 1. The molecule has 1 aliphatic carbocycles. The zero-order valence-electron chi connectivity index (χ0n) is 19.6. The lowest BCUT2D eigenvalue weighted by Gasteiger charge is -2.30. The van der Waals surface area contributed by atoms with Gasteiger partial charge in [0, 0.05) is 25.1 Å². The van der Waals surface area contributed by atoms with Crippen LogP contribution < -0.4 is 9.97 Å². The van der Waals surface area contributed by atoms with Crippen LogP contribution in [-0.4, -0.2) is 42.1 Å². The molecule has 0 spiro atoms. The molecule has 6 nitrogen and oxygen atoms in total. The average Bonchev–Trinajstić information content (AvgIpc) is 2.72. The van der Waals surface area contributed by atoms with E-state index < -0.39 is 7.12 Å². The standard InChI is InChI=1S/C25H36BNO5/c1-16(2)6-5-11-27-23-10-9-18(13-24(23)30)12-21(29)15-20-14-19-7-4-8-22(17(3)28)25(19)32-26(20)31/h4,7-8,16,18,20,23,27,31H,5-6,9-15H2,1-3H3/t18?,20-,23?/m1/s1. The Morgan fingerprint density at radius 3 is 2.69 bits per heavy atom. The Morgan fingerprint density at radius 1 is 1.22 bits per heavy atom. The van der Waals surface area contributed by atoms with E-state index in [9.17, 15) is 19.4 Å². The molecular weight excluding hydrogens is 405 g/mol. The minimum atomic E-state index is -1.11. The van der Waals surface area contributed by atoms with E-state index in [1.807, 2.05) is 6.07 Å². The van der Waals surface area contributed by atoms with Gasteiger partial charge in [-0.3, -0.25) is 14.4 Å². The fraction of sp³-hybridized carbons (Fsp3) is 0.640. The number of benzene rings is 1. The smallest absolute Gasteiger partial charge is 0.526 e. The molecule has 0 radical (unpaired) electrons. The summed E-state index contributed by atoms with van der Waals surface area (Å²) < 4.78 is 5.64. The molecule has 0 saturated heterocycles. The maximum Gasteiger partial charge on any atom is 0.526 e. The first-order chi connectivity index (χ1) is 15.2. The lowest BCUT2D eigenvalue weighted by Crippen LogP contribution is -2.42. The summed E-state index contributed by atoms with van der Waals surface area (Å²) in [5.74, 6) is 1.01. The number of ketones is 3. The van der Waals surface area contributed by atoms with Gasteiger partial charge in [-0.15, -0.1) is 0 Å². The summed E-state index contributed by atoms with van der Waals surface area (Å²) in [6.07, 6.45) is 5.41. The first-order valence-corrected chi connectivity index (χ1v) is 12.0. The molecule has 0 bridgehead atoms. The molecule has 1 fully saturated rings. The van der Waals surface area contributed by atoms with Crippen molar-refractivity contribution in [2.24, 2.45) is 11.8 Å². The first-order valence-electron chi connectivity index (χ1n) is 12.0. The summed E-state index contributed by atoms with van der Waals surface area (Å²) in [6, 6.07) is 5.29. The van der Waals surface area contributed by atoms with Gasteiger partial charge in [-0.1, -0.05) is 26.0 Å². The molecule has 32 heavy (non-hydrogen) atoms. The van der Waals surface area contributed by atoms with Crippen molar-refractivity contribution in [3.8, 4) is 5.75 Å². The van der Waals surface area contributed by atoms with Crippen LogP contribution in [0.15, 0.2) is 18.2 Å². The summed E-state index contributed by atoms with van der Waals surface area (Å²) in [5.41, 5.74) is 1.31. The number of Topliss-reactive ketones (excluding diaryl/α,β-unsaturated/α-hetero) is 3. The lowest BCUT2D eigenvalue weighted by molar-refractivity contribution is -0.125. The third-order valence-corrected chi connectivity index (χ3v) is 6.70. The van der Waals surface area contributed by atoms with E-state index in [-0.39, 0.29) is 41.5 Å². The minimum absolute atomic E-state index is 0.0602. The SMILES string of the molecule is CC(=O)c1cccc2c1OB(O)[C@@H](CC(=O)CC1CCC(NCCCC(C)C)C(=O)C1)C2. The van der Waals surface area contributed by atoms with E-state index >= 15 is 0 Å². The van der Waals surface area contributed by atoms with Gasteiger partial charge in [0.25, 0.3) is 0 Å². The molecule has 3 rings (SSSR count). The molecule has 2 unspecified atom stereocenters. The van der Waals surface area contributed by atoms with Crippen LogP contribution in [0.2, 0.25) is 5.82 Å². The van der Waals surface area contributed by atoms with Crippen molar-refractivity contribution >= 4 is 24.5 Å². The third kappa shape index (κ3) is 6.52. The minimum Gasteiger partial charge on any atom is -0.535 e. The van der Waals surface area contributed by atoms with Crippen molar-refractivity contribution < 1.29 is 24.1 Å². The Kier molecular flexibility index (Phi) is 8.66. The van der Waals surface area contributed by atoms with Gasteiger partial charge < -0.3 is 15.0 Å². The molecule has 2 N–H and O–H groups in total. The molecule has 0 amide bonds. The number of carbonyl (C=O) groups excluding carboxylic acids is 3. The summed E-state index contributed by atoms with van der Waals surface area (Å²) >= 11 is 0. The van der Waals surface area contributed by atoms with Crippen LogP contribution in [0.1, 0.15) is 81.6 Å². The molecule has 7 heteroatoms. The largest absolute Gasteiger partial charge is 0.535 e. The predicted molar refractivity (Wildman–Crippen MR) is 125 cm³/mol. The Morgan fingerprint density at radius 2 is 2.00 bits per heavy atom. The zero-order chi connectivity index (χ0) is 23.3. The zero-order valence-corrected chi connectivity index (χ0v) is 19.6. The van der Waals surface area contributed by atoms with Crippen LogP contribution in [0.3, 0.4) is 0 Å². The van der Waals surface area contributed by atoms with Crippen molar-refractivity contribution in [3.05, 3.63) is 29.3 Å². The van der Waals surface area contributed by atoms with Crippen LogP contribution in [0.4, 0.5) is 0 Å². The van der Waals surface area contributed by atoms with Crippen LogP contribution in [-0.2, 0) is 16.0 Å². The molecule has 2 aliphatic rings. The second-order valence-corrected chi connectivity index (χ2v) is 9.93. The Labute approximate surface area is 191 Å². The summed E-state index contributed by atoms with van der Waals surface area (Å²) in [4.78, 5) is 37.1. The fourth-order valence-corrected chi connectivity index (χ4v) is 4.90. The van der Waals surface area contributed by atoms with E-state index in [1.165, 1.54) is 6.92 Å². The molecule has 1 heterocycles. The highest BCUT2D eigenvalue weighted by Gasteiger charge is 2.38. The van der Waals surface area contributed by atoms with E-state index in [0.29, 0.717) is 36.5 Å². The third-order valence-electron chi connectivity index (χ3n) is 6.70. The molecule has 1 aromatic rings. The monoisotopic (exact) mass is 441 g/mol. The van der Waals surface area contributed by atoms with E-state index in [4.69, 9.17) is 4.65 Å². The highest BCUT2D eigenvalue weighted by Crippen LogP contribution is 2.37. The molecule has 1 aliphatic heterocycles. The van der Waals surface area contributed by atoms with E-state index in [1.54, 1.807) is 12.1 Å². The van der Waals surface area contributed by atoms with Crippen molar-refractivity contribution in [1.29, 1.82) is 0 Å². The average molecular weight is 441 g/mol. The number of rotatable bonds is 10. The number of nitrogens with one attached hydrogen (secondary N) is 1. The van der Waals surface area contributed by atoms with Crippen LogP contribution >= 0.6 is 0 Å². The Balaban J connectivity index is 1.47. The summed E-state index contributed by atoms with van der Waals surface area (Å²) in [5, 5.41) is 13.8. The van der Waals surface area contributed by atoms with Crippen LogP contribution in [0.5, 0.6) is 5.75 Å². The molecule has 1 saturated carbocycles. The van der Waals surface area contributed by atoms with Crippen molar-refractivity contribution in [2.45, 2.75) is 84.0 Å². The van der Waals surface area contributed by atoms with Crippen molar-refractivity contribution in [1.82, 2.24) is 5.32 Å². The van der Waals surface area contributed by atoms with Crippen molar-refractivity contribution in [2.75, 3.05) is 6.54 Å². The van der Waals surface area contributed by atoms with E-state index in [2.05, 4.69) is 19.2 Å². The number of carbonyl (C=O) groups is 3. The number of hydrogen-bond donors (Lipinski definition) is 2. The predicted octanol–water partition coefficient (Wildman–Crippen LogP) is 3.79. The number of hydrogen-bond acceptors (Lipinski definition) is 6.